The molecule has 1 amide bonds. The SMILES string of the molecule is CC(C)=C(F)C(=O)N1CCOc2ccncc21. The third-order valence-corrected chi connectivity index (χ3v) is 2.50. The number of allylic oxidation sites excluding steroid dienone is 1. The molecule has 0 aromatic carbocycles. The minimum absolute atomic E-state index is 0.332. The van der Waals surface area contributed by atoms with Gasteiger partial charge in [-0.2, -0.15) is 0 Å². The number of amides is 1. The quantitative estimate of drug-likeness (QED) is 0.701. The summed E-state index contributed by atoms with van der Waals surface area (Å²) in [6, 6.07) is 1.66. The van der Waals surface area contributed by atoms with Gasteiger partial charge in [-0.3, -0.25) is 14.7 Å². The highest BCUT2D eigenvalue weighted by atomic mass is 19.1. The molecular formula is C12H13FN2O2. The lowest BCUT2D eigenvalue weighted by Crippen LogP contribution is -2.38. The maximum absolute atomic E-state index is 13.6. The third-order valence-electron chi connectivity index (χ3n) is 2.50. The average Bonchev–Trinajstić information content (AvgIpc) is 2.36. The number of halogens is 1. The van der Waals surface area contributed by atoms with Crippen LogP contribution in [0.25, 0.3) is 0 Å². The highest BCUT2D eigenvalue weighted by Crippen LogP contribution is 2.31. The number of carbonyl (C=O) groups excluding carboxylic acids is 1. The van der Waals surface area contributed by atoms with Crippen molar-refractivity contribution in [3.8, 4) is 5.75 Å². The Morgan fingerprint density at radius 1 is 1.53 bits per heavy atom. The second-order valence-corrected chi connectivity index (χ2v) is 3.96. The zero-order valence-corrected chi connectivity index (χ0v) is 9.74. The number of rotatable bonds is 1. The maximum atomic E-state index is 13.6. The molecule has 0 radical (unpaired) electrons. The number of nitrogens with zero attached hydrogens (tertiary/aromatic N) is 2. The molecule has 0 atom stereocenters. The molecule has 1 aromatic heterocycles. The Bertz CT molecular complexity index is 481. The Balaban J connectivity index is 2.37. The lowest BCUT2D eigenvalue weighted by molar-refractivity contribution is -0.116. The standard InChI is InChI=1S/C12H13FN2O2/c1-8(2)11(13)12(16)15-5-6-17-10-3-4-14-7-9(10)15/h3-4,7H,5-6H2,1-2H3. The Labute approximate surface area is 98.7 Å². The van der Waals surface area contributed by atoms with E-state index in [4.69, 9.17) is 4.74 Å². The Kier molecular flexibility index (Phi) is 3.08. The van der Waals surface area contributed by atoms with Crippen LogP contribution < -0.4 is 9.64 Å². The molecule has 4 nitrogen and oxygen atoms in total. The highest BCUT2D eigenvalue weighted by Gasteiger charge is 2.26. The molecule has 0 bridgehead atoms. The first-order valence-corrected chi connectivity index (χ1v) is 5.33. The fraction of sp³-hybridized carbons (Fsp3) is 0.333. The number of ether oxygens (including phenoxy) is 1. The van der Waals surface area contributed by atoms with E-state index in [0.29, 0.717) is 30.2 Å². The summed E-state index contributed by atoms with van der Waals surface area (Å²) in [4.78, 5) is 17.2. The van der Waals surface area contributed by atoms with Crippen LogP contribution in [0.4, 0.5) is 10.1 Å². The van der Waals surface area contributed by atoms with Gasteiger partial charge in [0.15, 0.2) is 5.83 Å². The molecule has 90 valence electrons. The monoisotopic (exact) mass is 236 g/mol. The van der Waals surface area contributed by atoms with Crippen LogP contribution in [-0.2, 0) is 4.79 Å². The van der Waals surface area contributed by atoms with Crippen LogP contribution >= 0.6 is 0 Å². The Morgan fingerprint density at radius 2 is 2.29 bits per heavy atom. The van der Waals surface area contributed by atoms with E-state index < -0.39 is 11.7 Å². The molecule has 2 heterocycles. The Morgan fingerprint density at radius 3 is 3.00 bits per heavy atom. The number of anilines is 1. The summed E-state index contributed by atoms with van der Waals surface area (Å²) in [6.45, 7) is 3.83. The van der Waals surface area contributed by atoms with Crippen LogP contribution in [0.2, 0.25) is 0 Å². The Hall–Kier alpha value is -1.91. The van der Waals surface area contributed by atoms with Gasteiger partial charge in [0, 0.05) is 12.3 Å². The first-order valence-electron chi connectivity index (χ1n) is 5.33. The van der Waals surface area contributed by atoms with Gasteiger partial charge in [-0.1, -0.05) is 0 Å². The first kappa shape index (κ1) is 11.6. The van der Waals surface area contributed by atoms with Crippen LogP contribution in [0, 0.1) is 0 Å². The number of hydrogen-bond acceptors (Lipinski definition) is 3. The molecule has 0 spiro atoms. The lowest BCUT2D eigenvalue weighted by atomic mass is 10.2. The molecule has 2 rings (SSSR count). The number of aromatic nitrogens is 1. The largest absolute Gasteiger partial charge is 0.489 e. The van der Waals surface area contributed by atoms with Gasteiger partial charge in [0.1, 0.15) is 18.0 Å². The number of pyridine rings is 1. The molecule has 1 aliphatic heterocycles. The molecule has 17 heavy (non-hydrogen) atoms. The molecule has 0 N–H and O–H groups in total. The summed E-state index contributed by atoms with van der Waals surface area (Å²) in [5.74, 6) is -0.801. The molecular weight excluding hydrogens is 223 g/mol. The maximum Gasteiger partial charge on any atom is 0.287 e. The van der Waals surface area contributed by atoms with Crippen molar-refractivity contribution >= 4 is 11.6 Å². The summed E-state index contributed by atoms with van der Waals surface area (Å²) in [7, 11) is 0. The van der Waals surface area contributed by atoms with Crippen LogP contribution in [0.15, 0.2) is 29.9 Å². The van der Waals surface area contributed by atoms with Gasteiger partial charge >= 0.3 is 0 Å². The average molecular weight is 236 g/mol. The molecule has 0 aliphatic carbocycles. The summed E-state index contributed by atoms with van der Waals surface area (Å²) in [6.07, 6.45) is 3.08. The minimum atomic E-state index is -0.721. The van der Waals surface area contributed by atoms with E-state index in [1.54, 1.807) is 26.1 Å². The molecule has 5 heteroatoms. The van der Waals surface area contributed by atoms with Gasteiger partial charge in [-0.05, 0) is 19.4 Å². The van der Waals surface area contributed by atoms with Gasteiger partial charge in [0.2, 0.25) is 0 Å². The van der Waals surface area contributed by atoms with Crippen molar-refractivity contribution in [2.24, 2.45) is 0 Å². The van der Waals surface area contributed by atoms with Crippen molar-refractivity contribution in [1.29, 1.82) is 0 Å². The fourth-order valence-corrected chi connectivity index (χ4v) is 1.61. The van der Waals surface area contributed by atoms with E-state index >= 15 is 0 Å². The van der Waals surface area contributed by atoms with Crippen LogP contribution in [0.5, 0.6) is 5.75 Å². The second kappa shape index (κ2) is 4.53. The predicted octanol–water partition coefficient (Wildman–Crippen LogP) is 2.07. The molecule has 1 aliphatic rings. The fourth-order valence-electron chi connectivity index (χ4n) is 1.61. The van der Waals surface area contributed by atoms with Crippen molar-refractivity contribution in [1.82, 2.24) is 4.98 Å². The normalized spacial score (nSPS) is 13.7. The van der Waals surface area contributed by atoms with Crippen molar-refractivity contribution in [2.45, 2.75) is 13.8 Å². The van der Waals surface area contributed by atoms with Gasteiger partial charge in [-0.15, -0.1) is 0 Å². The van der Waals surface area contributed by atoms with Gasteiger partial charge in [0.25, 0.3) is 5.91 Å². The summed E-state index contributed by atoms with van der Waals surface area (Å²) in [5, 5.41) is 0. The summed E-state index contributed by atoms with van der Waals surface area (Å²) >= 11 is 0. The molecule has 1 aromatic rings. The number of hydrogen-bond donors (Lipinski definition) is 0. The van der Waals surface area contributed by atoms with Crippen LogP contribution in [0.1, 0.15) is 13.8 Å². The van der Waals surface area contributed by atoms with E-state index in [0.717, 1.165) is 0 Å². The number of carbonyl (C=O) groups is 1. The molecule has 0 fully saturated rings. The van der Waals surface area contributed by atoms with Gasteiger partial charge < -0.3 is 4.74 Å². The zero-order chi connectivity index (χ0) is 12.4. The van der Waals surface area contributed by atoms with Crippen molar-refractivity contribution in [2.75, 3.05) is 18.1 Å². The molecule has 0 unspecified atom stereocenters. The third kappa shape index (κ3) is 2.13. The van der Waals surface area contributed by atoms with Gasteiger partial charge in [-0.25, -0.2) is 4.39 Å². The van der Waals surface area contributed by atoms with E-state index in [-0.39, 0.29) is 0 Å². The van der Waals surface area contributed by atoms with Crippen LogP contribution in [0.3, 0.4) is 0 Å². The highest BCUT2D eigenvalue weighted by molar-refractivity contribution is 6.05. The topological polar surface area (TPSA) is 42.4 Å². The van der Waals surface area contributed by atoms with E-state index in [9.17, 15) is 9.18 Å². The van der Waals surface area contributed by atoms with E-state index in [2.05, 4.69) is 4.98 Å². The van der Waals surface area contributed by atoms with E-state index in [1.807, 2.05) is 0 Å². The van der Waals surface area contributed by atoms with Crippen molar-refractivity contribution < 1.29 is 13.9 Å². The molecule has 0 saturated carbocycles. The van der Waals surface area contributed by atoms with Crippen molar-refractivity contribution in [3.05, 3.63) is 29.9 Å². The smallest absolute Gasteiger partial charge is 0.287 e. The van der Waals surface area contributed by atoms with Gasteiger partial charge in [0.05, 0.1) is 12.7 Å². The first-order chi connectivity index (χ1) is 8.11. The zero-order valence-electron chi connectivity index (χ0n) is 9.74. The predicted molar refractivity (Wildman–Crippen MR) is 61.6 cm³/mol. The summed E-state index contributed by atoms with van der Waals surface area (Å²) in [5.41, 5.74) is 0.882. The number of fused-ring (bicyclic) bond motifs is 1. The van der Waals surface area contributed by atoms with E-state index in [1.165, 1.54) is 11.1 Å². The second-order valence-electron chi connectivity index (χ2n) is 3.96. The lowest BCUT2D eigenvalue weighted by Gasteiger charge is -2.28. The minimum Gasteiger partial charge on any atom is -0.489 e. The summed E-state index contributed by atoms with van der Waals surface area (Å²) < 4.78 is 19.0. The van der Waals surface area contributed by atoms with Crippen LogP contribution in [-0.4, -0.2) is 24.0 Å². The van der Waals surface area contributed by atoms with Crippen molar-refractivity contribution in [3.63, 3.8) is 0 Å². The molecule has 0 saturated heterocycles.